The van der Waals surface area contributed by atoms with Gasteiger partial charge >= 0.3 is 0 Å². The molecule has 0 amide bonds. The van der Waals surface area contributed by atoms with E-state index < -0.39 is 0 Å². The zero-order valence-electron chi connectivity index (χ0n) is 7.34. The lowest BCUT2D eigenvalue weighted by Crippen LogP contribution is -2.09. The first kappa shape index (κ1) is 8.27. The molecule has 0 fully saturated rings. The van der Waals surface area contributed by atoms with Crippen LogP contribution in [0.5, 0.6) is 0 Å². The van der Waals surface area contributed by atoms with Gasteiger partial charge in [0.05, 0.1) is 6.61 Å². The average molecular weight is 182 g/mol. The Balaban J connectivity index is 2.32. The minimum Gasteiger partial charge on any atom is -0.392 e. The van der Waals surface area contributed by atoms with Crippen LogP contribution in [-0.4, -0.2) is 5.11 Å². The van der Waals surface area contributed by atoms with Gasteiger partial charge < -0.3 is 5.11 Å². The fourth-order valence-corrected chi connectivity index (χ4v) is 3.13. The van der Waals surface area contributed by atoms with E-state index in [0.29, 0.717) is 0 Å². The Morgan fingerprint density at radius 1 is 1.67 bits per heavy atom. The molecule has 1 aromatic rings. The van der Waals surface area contributed by atoms with Gasteiger partial charge in [0.25, 0.3) is 0 Å². The van der Waals surface area contributed by atoms with Crippen molar-refractivity contribution in [2.45, 2.75) is 32.8 Å². The van der Waals surface area contributed by atoms with Crippen LogP contribution < -0.4 is 0 Å². The van der Waals surface area contributed by atoms with Crippen molar-refractivity contribution in [2.75, 3.05) is 0 Å². The molecule has 1 N–H and O–H groups in total. The maximum atomic E-state index is 9.06. The number of hydrogen-bond donors (Lipinski definition) is 1. The van der Waals surface area contributed by atoms with Crippen LogP contribution in [0.25, 0.3) is 0 Å². The molecule has 0 bridgehead atoms. The standard InChI is InChI=1S/C10H14OS/c1-7-2-3-9-8(5-11)6-12-10(9)4-7/h6-7,11H,2-5H2,1H3. The predicted octanol–water partition coefficient (Wildman–Crippen LogP) is 2.37. The summed E-state index contributed by atoms with van der Waals surface area (Å²) < 4.78 is 0. The summed E-state index contributed by atoms with van der Waals surface area (Å²) in [6.07, 6.45) is 3.69. The van der Waals surface area contributed by atoms with Gasteiger partial charge in [-0.05, 0) is 41.7 Å². The lowest BCUT2D eigenvalue weighted by molar-refractivity contribution is 0.280. The van der Waals surface area contributed by atoms with Gasteiger partial charge in [-0.2, -0.15) is 0 Å². The van der Waals surface area contributed by atoms with E-state index in [2.05, 4.69) is 12.3 Å². The molecule has 66 valence electrons. The second kappa shape index (κ2) is 3.19. The molecule has 1 nitrogen and oxygen atoms in total. The molecule has 0 saturated heterocycles. The van der Waals surface area contributed by atoms with E-state index in [0.717, 1.165) is 5.92 Å². The van der Waals surface area contributed by atoms with Gasteiger partial charge in [-0.25, -0.2) is 0 Å². The average Bonchev–Trinajstić information content (AvgIpc) is 2.46. The summed E-state index contributed by atoms with van der Waals surface area (Å²) in [6.45, 7) is 2.53. The number of aliphatic hydroxyl groups is 1. The van der Waals surface area contributed by atoms with Crippen molar-refractivity contribution < 1.29 is 5.11 Å². The summed E-state index contributed by atoms with van der Waals surface area (Å²) in [6, 6.07) is 0. The van der Waals surface area contributed by atoms with Crippen molar-refractivity contribution in [1.82, 2.24) is 0 Å². The summed E-state index contributed by atoms with van der Waals surface area (Å²) in [5.41, 5.74) is 2.61. The zero-order valence-corrected chi connectivity index (χ0v) is 8.16. The van der Waals surface area contributed by atoms with Gasteiger partial charge in [0.2, 0.25) is 0 Å². The second-order valence-electron chi connectivity index (χ2n) is 3.67. The predicted molar refractivity (Wildman–Crippen MR) is 51.4 cm³/mol. The molecule has 1 heterocycles. The molecule has 12 heavy (non-hydrogen) atoms. The third-order valence-electron chi connectivity index (χ3n) is 2.66. The molecule has 1 aromatic heterocycles. The van der Waals surface area contributed by atoms with Gasteiger partial charge in [0, 0.05) is 4.88 Å². The molecule has 2 heteroatoms. The number of fused-ring (bicyclic) bond motifs is 1. The molecule has 0 aliphatic heterocycles. The van der Waals surface area contributed by atoms with Gasteiger partial charge in [0.15, 0.2) is 0 Å². The molecule has 1 aliphatic rings. The van der Waals surface area contributed by atoms with E-state index >= 15 is 0 Å². The van der Waals surface area contributed by atoms with Crippen LogP contribution in [0, 0.1) is 5.92 Å². The SMILES string of the molecule is CC1CCc2c(CO)csc2C1. The topological polar surface area (TPSA) is 20.2 Å². The van der Waals surface area contributed by atoms with Crippen molar-refractivity contribution in [3.05, 3.63) is 21.4 Å². The zero-order chi connectivity index (χ0) is 8.55. The van der Waals surface area contributed by atoms with Crippen LogP contribution >= 0.6 is 11.3 Å². The maximum absolute atomic E-state index is 9.06. The van der Waals surface area contributed by atoms with E-state index in [9.17, 15) is 0 Å². The quantitative estimate of drug-likeness (QED) is 0.707. The molecule has 0 spiro atoms. The van der Waals surface area contributed by atoms with E-state index in [1.165, 1.54) is 35.3 Å². The Bertz CT molecular complexity index is 277. The summed E-state index contributed by atoms with van der Waals surface area (Å²) >= 11 is 1.82. The smallest absolute Gasteiger partial charge is 0.0692 e. The Kier molecular flexibility index (Phi) is 2.20. The van der Waals surface area contributed by atoms with Crippen molar-refractivity contribution in [3.63, 3.8) is 0 Å². The molecule has 1 atom stereocenters. The normalized spacial score (nSPS) is 22.3. The number of thiophene rings is 1. The number of rotatable bonds is 1. The largest absolute Gasteiger partial charge is 0.392 e. The number of hydrogen-bond acceptors (Lipinski definition) is 2. The molecule has 2 rings (SSSR count). The van der Waals surface area contributed by atoms with Gasteiger partial charge in [-0.3, -0.25) is 0 Å². The molecule has 0 aromatic carbocycles. The van der Waals surface area contributed by atoms with Crippen LogP contribution in [0.1, 0.15) is 29.3 Å². The Morgan fingerprint density at radius 3 is 3.25 bits per heavy atom. The Labute approximate surface area is 77.0 Å². The highest BCUT2D eigenvalue weighted by Crippen LogP contribution is 2.32. The van der Waals surface area contributed by atoms with E-state index in [1.54, 1.807) is 0 Å². The summed E-state index contributed by atoms with van der Waals surface area (Å²) in [4.78, 5) is 1.51. The number of aliphatic hydroxyl groups excluding tert-OH is 1. The second-order valence-corrected chi connectivity index (χ2v) is 4.63. The van der Waals surface area contributed by atoms with E-state index in [-0.39, 0.29) is 6.61 Å². The minimum absolute atomic E-state index is 0.222. The Morgan fingerprint density at radius 2 is 2.50 bits per heavy atom. The highest BCUT2D eigenvalue weighted by molar-refractivity contribution is 7.10. The van der Waals surface area contributed by atoms with Crippen molar-refractivity contribution in [2.24, 2.45) is 5.92 Å². The lowest BCUT2D eigenvalue weighted by atomic mass is 9.89. The highest BCUT2D eigenvalue weighted by atomic mass is 32.1. The van der Waals surface area contributed by atoms with Crippen LogP contribution in [0.2, 0.25) is 0 Å². The molecular formula is C10H14OS. The molecular weight excluding hydrogens is 168 g/mol. The molecule has 0 radical (unpaired) electrons. The Hall–Kier alpha value is -0.340. The lowest BCUT2D eigenvalue weighted by Gasteiger charge is -2.18. The molecule has 0 saturated carbocycles. The maximum Gasteiger partial charge on any atom is 0.0692 e. The first-order valence-electron chi connectivity index (χ1n) is 4.50. The summed E-state index contributed by atoms with van der Waals surface area (Å²) in [7, 11) is 0. The third-order valence-corrected chi connectivity index (χ3v) is 3.76. The first-order valence-corrected chi connectivity index (χ1v) is 5.38. The van der Waals surface area contributed by atoms with Crippen molar-refractivity contribution >= 4 is 11.3 Å². The first-order chi connectivity index (χ1) is 5.81. The van der Waals surface area contributed by atoms with Crippen molar-refractivity contribution in [1.29, 1.82) is 0 Å². The van der Waals surface area contributed by atoms with E-state index in [4.69, 9.17) is 5.11 Å². The van der Waals surface area contributed by atoms with Crippen LogP contribution in [0.3, 0.4) is 0 Å². The molecule has 1 aliphatic carbocycles. The van der Waals surface area contributed by atoms with E-state index in [1.807, 2.05) is 11.3 Å². The summed E-state index contributed by atoms with van der Waals surface area (Å²) in [5.74, 6) is 0.836. The fraction of sp³-hybridized carbons (Fsp3) is 0.600. The van der Waals surface area contributed by atoms with Crippen LogP contribution in [0.4, 0.5) is 0 Å². The molecule has 1 unspecified atom stereocenters. The van der Waals surface area contributed by atoms with Crippen LogP contribution in [-0.2, 0) is 19.4 Å². The van der Waals surface area contributed by atoms with Gasteiger partial charge in [-0.15, -0.1) is 11.3 Å². The van der Waals surface area contributed by atoms with Crippen molar-refractivity contribution in [3.8, 4) is 0 Å². The van der Waals surface area contributed by atoms with Crippen LogP contribution in [0.15, 0.2) is 5.38 Å². The summed E-state index contributed by atoms with van der Waals surface area (Å²) in [5, 5.41) is 11.2. The monoisotopic (exact) mass is 182 g/mol. The third kappa shape index (κ3) is 1.29. The van der Waals surface area contributed by atoms with Gasteiger partial charge in [0.1, 0.15) is 0 Å². The minimum atomic E-state index is 0.222. The highest BCUT2D eigenvalue weighted by Gasteiger charge is 2.18. The fourth-order valence-electron chi connectivity index (χ4n) is 1.88. The van der Waals surface area contributed by atoms with Gasteiger partial charge in [-0.1, -0.05) is 6.92 Å².